The van der Waals surface area contributed by atoms with Crippen LogP contribution < -0.4 is 10.6 Å². The first-order valence-corrected chi connectivity index (χ1v) is 8.02. The summed E-state index contributed by atoms with van der Waals surface area (Å²) in [6, 6.07) is 13.9. The number of carbonyl (C=O) groups excluding carboxylic acids is 2. The predicted octanol–water partition coefficient (Wildman–Crippen LogP) is 3.96. The SMILES string of the molecule is CCOC(=O)c1ccc(NCCC(=O)Nc2ccc(Cl)cc2)cc1. The molecule has 126 valence electrons. The molecule has 0 aliphatic rings. The predicted molar refractivity (Wildman–Crippen MR) is 95.6 cm³/mol. The van der Waals surface area contributed by atoms with E-state index in [1.54, 1.807) is 55.5 Å². The van der Waals surface area contributed by atoms with E-state index in [-0.39, 0.29) is 11.9 Å². The smallest absolute Gasteiger partial charge is 0.338 e. The maximum atomic E-state index is 11.9. The van der Waals surface area contributed by atoms with Crippen molar-refractivity contribution in [1.29, 1.82) is 0 Å². The van der Waals surface area contributed by atoms with Crippen LogP contribution in [-0.2, 0) is 9.53 Å². The fourth-order valence-electron chi connectivity index (χ4n) is 2.02. The number of esters is 1. The average Bonchev–Trinajstić information content (AvgIpc) is 2.58. The molecule has 0 bridgehead atoms. The number of carbonyl (C=O) groups is 2. The van der Waals surface area contributed by atoms with Crippen molar-refractivity contribution in [3.63, 3.8) is 0 Å². The van der Waals surface area contributed by atoms with Crippen molar-refractivity contribution in [3.8, 4) is 0 Å². The van der Waals surface area contributed by atoms with Crippen molar-refractivity contribution in [2.75, 3.05) is 23.8 Å². The third-order valence-corrected chi connectivity index (χ3v) is 3.46. The number of hydrogen-bond acceptors (Lipinski definition) is 4. The van der Waals surface area contributed by atoms with Gasteiger partial charge in [0, 0.05) is 29.4 Å². The van der Waals surface area contributed by atoms with Gasteiger partial charge < -0.3 is 15.4 Å². The van der Waals surface area contributed by atoms with Crippen molar-refractivity contribution in [1.82, 2.24) is 0 Å². The summed E-state index contributed by atoms with van der Waals surface area (Å²) in [5.74, 6) is -0.431. The molecule has 2 aromatic rings. The third kappa shape index (κ3) is 5.59. The van der Waals surface area contributed by atoms with E-state index in [2.05, 4.69) is 10.6 Å². The number of benzene rings is 2. The van der Waals surface area contributed by atoms with Gasteiger partial charge in [-0.1, -0.05) is 11.6 Å². The lowest BCUT2D eigenvalue weighted by Gasteiger charge is -2.08. The largest absolute Gasteiger partial charge is 0.462 e. The molecule has 2 N–H and O–H groups in total. The summed E-state index contributed by atoms with van der Waals surface area (Å²) in [6.45, 7) is 2.60. The van der Waals surface area contributed by atoms with Gasteiger partial charge in [-0.25, -0.2) is 4.79 Å². The van der Waals surface area contributed by atoms with Gasteiger partial charge in [-0.05, 0) is 55.5 Å². The second-order valence-electron chi connectivity index (χ2n) is 5.03. The highest BCUT2D eigenvalue weighted by molar-refractivity contribution is 6.30. The zero-order valence-electron chi connectivity index (χ0n) is 13.3. The maximum absolute atomic E-state index is 11.9. The molecular formula is C18H19ClN2O3. The highest BCUT2D eigenvalue weighted by Crippen LogP contribution is 2.14. The number of nitrogens with one attached hydrogen (secondary N) is 2. The van der Waals surface area contributed by atoms with Crippen LogP contribution in [0.5, 0.6) is 0 Å². The standard InChI is InChI=1S/C18H19ClN2O3/c1-2-24-18(23)13-3-7-15(8-4-13)20-12-11-17(22)21-16-9-5-14(19)6-10-16/h3-10,20H,2,11-12H2,1H3,(H,21,22). The van der Waals surface area contributed by atoms with Crippen LogP contribution in [0.4, 0.5) is 11.4 Å². The fraction of sp³-hybridized carbons (Fsp3) is 0.222. The van der Waals surface area contributed by atoms with Crippen LogP contribution in [0, 0.1) is 0 Å². The molecule has 0 unspecified atom stereocenters. The number of rotatable bonds is 7. The monoisotopic (exact) mass is 346 g/mol. The van der Waals surface area contributed by atoms with Gasteiger partial charge in [0.25, 0.3) is 0 Å². The van der Waals surface area contributed by atoms with Crippen molar-refractivity contribution in [2.24, 2.45) is 0 Å². The van der Waals surface area contributed by atoms with Crippen LogP contribution in [-0.4, -0.2) is 25.0 Å². The normalized spacial score (nSPS) is 10.1. The lowest BCUT2D eigenvalue weighted by molar-refractivity contribution is -0.115. The third-order valence-electron chi connectivity index (χ3n) is 3.21. The lowest BCUT2D eigenvalue weighted by atomic mass is 10.2. The number of halogens is 1. The molecule has 1 amide bonds. The Morgan fingerprint density at radius 1 is 1.00 bits per heavy atom. The summed E-state index contributed by atoms with van der Waals surface area (Å²) >= 11 is 5.80. The maximum Gasteiger partial charge on any atom is 0.338 e. The van der Waals surface area contributed by atoms with E-state index >= 15 is 0 Å². The number of anilines is 2. The molecule has 0 saturated heterocycles. The minimum absolute atomic E-state index is 0.0898. The highest BCUT2D eigenvalue weighted by Gasteiger charge is 2.06. The van der Waals surface area contributed by atoms with E-state index in [0.29, 0.717) is 35.8 Å². The van der Waals surface area contributed by atoms with Crippen molar-refractivity contribution < 1.29 is 14.3 Å². The van der Waals surface area contributed by atoms with Gasteiger partial charge in [0.05, 0.1) is 12.2 Å². The first-order valence-electron chi connectivity index (χ1n) is 7.65. The van der Waals surface area contributed by atoms with Crippen LogP contribution in [0.25, 0.3) is 0 Å². The van der Waals surface area contributed by atoms with Crippen LogP contribution in [0.1, 0.15) is 23.7 Å². The Hall–Kier alpha value is -2.53. The summed E-state index contributed by atoms with van der Waals surface area (Å²) < 4.78 is 4.92. The second kappa shape index (κ2) is 8.93. The Morgan fingerprint density at radius 2 is 1.62 bits per heavy atom. The summed E-state index contributed by atoms with van der Waals surface area (Å²) in [5, 5.41) is 6.56. The summed E-state index contributed by atoms with van der Waals surface area (Å²) in [5.41, 5.74) is 2.05. The Balaban J connectivity index is 1.76. The molecule has 0 aliphatic heterocycles. The summed E-state index contributed by atoms with van der Waals surface area (Å²) in [7, 11) is 0. The average molecular weight is 347 g/mol. The zero-order valence-corrected chi connectivity index (χ0v) is 14.1. The molecule has 5 nitrogen and oxygen atoms in total. The van der Waals surface area contributed by atoms with Gasteiger partial charge in [0.15, 0.2) is 0 Å². The molecule has 0 aliphatic carbocycles. The first-order chi connectivity index (χ1) is 11.6. The second-order valence-corrected chi connectivity index (χ2v) is 5.47. The molecule has 0 radical (unpaired) electrons. The quantitative estimate of drug-likeness (QED) is 0.745. The Kier molecular flexibility index (Phi) is 6.63. The van der Waals surface area contributed by atoms with Crippen molar-refractivity contribution in [3.05, 3.63) is 59.1 Å². The molecule has 0 spiro atoms. The number of hydrogen-bond donors (Lipinski definition) is 2. The van der Waals surface area contributed by atoms with Gasteiger partial charge in [-0.2, -0.15) is 0 Å². The minimum Gasteiger partial charge on any atom is -0.462 e. The molecule has 0 heterocycles. The van der Waals surface area contributed by atoms with Gasteiger partial charge >= 0.3 is 5.97 Å². The van der Waals surface area contributed by atoms with Crippen LogP contribution in [0.2, 0.25) is 5.02 Å². The molecule has 6 heteroatoms. The van der Waals surface area contributed by atoms with E-state index in [0.717, 1.165) is 5.69 Å². The topological polar surface area (TPSA) is 67.4 Å². The van der Waals surface area contributed by atoms with E-state index < -0.39 is 0 Å². The zero-order chi connectivity index (χ0) is 17.4. The van der Waals surface area contributed by atoms with E-state index in [1.165, 1.54) is 0 Å². The van der Waals surface area contributed by atoms with Crippen LogP contribution in [0.3, 0.4) is 0 Å². The lowest BCUT2D eigenvalue weighted by Crippen LogP contribution is -2.16. The van der Waals surface area contributed by atoms with Crippen LogP contribution in [0.15, 0.2) is 48.5 Å². The van der Waals surface area contributed by atoms with Crippen LogP contribution >= 0.6 is 11.6 Å². The van der Waals surface area contributed by atoms with Gasteiger partial charge in [-0.15, -0.1) is 0 Å². The first kappa shape index (κ1) is 17.8. The molecule has 0 aromatic heterocycles. The molecule has 24 heavy (non-hydrogen) atoms. The summed E-state index contributed by atoms with van der Waals surface area (Å²) in [4.78, 5) is 23.4. The molecular weight excluding hydrogens is 328 g/mol. The Labute approximate surface area is 146 Å². The van der Waals surface area contributed by atoms with Gasteiger partial charge in [-0.3, -0.25) is 4.79 Å². The van der Waals surface area contributed by atoms with Gasteiger partial charge in [0.1, 0.15) is 0 Å². The Bertz CT molecular complexity index is 684. The minimum atomic E-state index is -0.341. The van der Waals surface area contributed by atoms with E-state index in [1.807, 2.05) is 0 Å². The van der Waals surface area contributed by atoms with Crippen molar-refractivity contribution in [2.45, 2.75) is 13.3 Å². The molecule has 0 fully saturated rings. The number of amides is 1. The van der Waals surface area contributed by atoms with Crippen molar-refractivity contribution >= 4 is 34.9 Å². The van der Waals surface area contributed by atoms with E-state index in [4.69, 9.17) is 16.3 Å². The van der Waals surface area contributed by atoms with Gasteiger partial charge in [0.2, 0.25) is 5.91 Å². The summed E-state index contributed by atoms with van der Waals surface area (Å²) in [6.07, 6.45) is 0.322. The molecule has 0 saturated carbocycles. The van der Waals surface area contributed by atoms with E-state index in [9.17, 15) is 9.59 Å². The fourth-order valence-corrected chi connectivity index (χ4v) is 2.14. The highest BCUT2D eigenvalue weighted by atomic mass is 35.5. The number of ether oxygens (including phenoxy) is 1. The molecule has 2 aromatic carbocycles. The Morgan fingerprint density at radius 3 is 2.25 bits per heavy atom. The molecule has 2 rings (SSSR count). The molecule has 0 atom stereocenters.